The smallest absolute Gasteiger partial charge is 0.237 e. The standard InChI is InChI=1S/C35H38N8O2/c1-40-22-36-32(39-40)26-4-2-24(3-5-26)25-8-12-42(13-9-25)30(44)20-41-14-10-34(21-41)11-15-43(33(34)45)27-6-7-29-28(16-27)31(38-37-29)35-17-23(18-35)19-35/h2-8,16,22-23H,9-15,17-21H2,1H3,(H,37,38)/t23?,34-,35?/m0/s1. The molecule has 4 aromatic rings. The minimum absolute atomic E-state index is 0.146. The van der Waals surface area contributed by atoms with Gasteiger partial charge in [-0.25, -0.2) is 4.98 Å². The highest BCUT2D eigenvalue weighted by Gasteiger charge is 2.59. The number of hydrogen-bond donors (Lipinski definition) is 1. The number of amides is 2. The van der Waals surface area contributed by atoms with Gasteiger partial charge < -0.3 is 9.80 Å². The number of fused-ring (bicyclic) bond motifs is 1. The summed E-state index contributed by atoms with van der Waals surface area (Å²) in [5, 5.41) is 13.5. The van der Waals surface area contributed by atoms with Gasteiger partial charge in [0.25, 0.3) is 0 Å². The molecule has 3 saturated carbocycles. The Morgan fingerprint density at radius 3 is 2.51 bits per heavy atom. The van der Waals surface area contributed by atoms with Crippen molar-refractivity contribution in [2.75, 3.05) is 44.2 Å². The second-order valence-corrected chi connectivity index (χ2v) is 14.1. The second-order valence-electron chi connectivity index (χ2n) is 14.1. The zero-order valence-corrected chi connectivity index (χ0v) is 25.7. The lowest BCUT2D eigenvalue weighted by Gasteiger charge is -2.61. The van der Waals surface area contributed by atoms with E-state index in [4.69, 9.17) is 0 Å². The van der Waals surface area contributed by atoms with Gasteiger partial charge in [0.15, 0.2) is 5.82 Å². The van der Waals surface area contributed by atoms with E-state index in [1.165, 1.54) is 41.5 Å². The number of hydrogen-bond acceptors (Lipinski definition) is 6. The molecule has 10 rings (SSSR count). The number of aryl methyl sites for hydroxylation is 1. The summed E-state index contributed by atoms with van der Waals surface area (Å²) < 4.78 is 1.70. The molecule has 2 saturated heterocycles. The van der Waals surface area contributed by atoms with Crippen molar-refractivity contribution >= 4 is 34.0 Å². The molecule has 6 aliphatic rings. The third-order valence-corrected chi connectivity index (χ3v) is 11.4. The van der Waals surface area contributed by atoms with Crippen LogP contribution in [0.15, 0.2) is 54.9 Å². The van der Waals surface area contributed by atoms with Gasteiger partial charge in [-0.1, -0.05) is 30.3 Å². The SMILES string of the molecule is Cn1cnc(-c2ccc(C3=CCN(C(=O)CN4CC[C@]5(CCN(c6ccc7n[nH]c(C89CC(C8)C9)c7c6)C5=O)C4)CC3)cc2)n1. The van der Waals surface area contributed by atoms with E-state index < -0.39 is 5.41 Å². The van der Waals surface area contributed by atoms with Crippen LogP contribution in [0.3, 0.4) is 0 Å². The first-order valence-corrected chi connectivity index (χ1v) is 16.3. The molecule has 230 valence electrons. The first kappa shape index (κ1) is 27.0. The van der Waals surface area contributed by atoms with Crippen molar-refractivity contribution in [1.82, 2.24) is 34.8 Å². The van der Waals surface area contributed by atoms with Gasteiger partial charge in [0.1, 0.15) is 6.33 Å². The lowest BCUT2D eigenvalue weighted by molar-refractivity contribution is -0.132. The maximum absolute atomic E-state index is 13.9. The predicted molar refractivity (Wildman–Crippen MR) is 171 cm³/mol. The van der Waals surface area contributed by atoms with Gasteiger partial charge in [-0.05, 0) is 80.3 Å². The van der Waals surface area contributed by atoms with Crippen LogP contribution >= 0.6 is 0 Å². The molecule has 5 heterocycles. The maximum Gasteiger partial charge on any atom is 0.237 e. The largest absolute Gasteiger partial charge is 0.338 e. The van der Waals surface area contributed by atoms with Gasteiger partial charge >= 0.3 is 0 Å². The van der Waals surface area contributed by atoms with E-state index in [-0.39, 0.29) is 11.8 Å². The minimum atomic E-state index is -0.395. The lowest BCUT2D eigenvalue weighted by atomic mass is 9.43. The van der Waals surface area contributed by atoms with Crippen LogP contribution in [-0.2, 0) is 22.1 Å². The number of benzene rings is 2. The molecule has 0 radical (unpaired) electrons. The zero-order chi connectivity index (χ0) is 30.3. The first-order valence-electron chi connectivity index (χ1n) is 16.3. The molecule has 1 spiro atoms. The average molecular weight is 603 g/mol. The van der Waals surface area contributed by atoms with E-state index in [9.17, 15) is 9.59 Å². The third kappa shape index (κ3) is 4.29. The average Bonchev–Trinajstić information content (AvgIpc) is 3.80. The van der Waals surface area contributed by atoms with Crippen molar-refractivity contribution in [2.24, 2.45) is 18.4 Å². The van der Waals surface area contributed by atoms with E-state index >= 15 is 0 Å². The number of H-pyrrole nitrogens is 1. The fourth-order valence-corrected chi connectivity index (χ4v) is 8.65. The molecule has 1 N–H and O–H groups in total. The fraction of sp³-hybridized carbons (Fsp3) is 0.457. The summed E-state index contributed by atoms with van der Waals surface area (Å²) >= 11 is 0. The van der Waals surface area contributed by atoms with Gasteiger partial charge in [0.2, 0.25) is 11.8 Å². The molecule has 0 unspecified atom stereocenters. The van der Waals surface area contributed by atoms with Crippen molar-refractivity contribution in [2.45, 2.75) is 43.9 Å². The molecule has 1 atom stereocenters. The topological polar surface area (TPSA) is 103 Å². The number of likely N-dealkylation sites (tertiary alicyclic amines) is 1. The van der Waals surface area contributed by atoms with E-state index in [1.54, 1.807) is 11.0 Å². The molecule has 10 heteroatoms. The number of carbonyl (C=O) groups excluding carboxylic acids is 2. The second kappa shape index (κ2) is 9.84. The van der Waals surface area contributed by atoms with Crippen molar-refractivity contribution < 1.29 is 9.59 Å². The Kier molecular flexibility index (Phi) is 5.91. The van der Waals surface area contributed by atoms with E-state index in [0.29, 0.717) is 31.6 Å². The summed E-state index contributed by atoms with van der Waals surface area (Å²) in [6.07, 6.45) is 10.2. The summed E-state index contributed by atoms with van der Waals surface area (Å²) in [6, 6.07) is 14.6. The number of rotatable bonds is 6. The Morgan fingerprint density at radius 2 is 1.80 bits per heavy atom. The Balaban J connectivity index is 0.826. The van der Waals surface area contributed by atoms with Crippen LogP contribution in [0.25, 0.3) is 27.9 Å². The summed E-state index contributed by atoms with van der Waals surface area (Å²) in [4.78, 5) is 37.8. The molecule has 2 aromatic carbocycles. The van der Waals surface area contributed by atoms with Crippen LogP contribution in [0.4, 0.5) is 5.69 Å². The zero-order valence-electron chi connectivity index (χ0n) is 25.7. The predicted octanol–water partition coefficient (Wildman–Crippen LogP) is 4.15. The van der Waals surface area contributed by atoms with E-state index in [2.05, 4.69) is 67.7 Å². The van der Waals surface area contributed by atoms with Gasteiger partial charge in [0, 0.05) is 61.0 Å². The highest BCUT2D eigenvalue weighted by atomic mass is 16.2. The van der Waals surface area contributed by atoms with Crippen LogP contribution in [0.5, 0.6) is 0 Å². The minimum Gasteiger partial charge on any atom is -0.338 e. The number of nitrogens with zero attached hydrogens (tertiary/aromatic N) is 7. The first-order chi connectivity index (χ1) is 21.9. The lowest BCUT2D eigenvalue weighted by Crippen LogP contribution is -2.55. The highest BCUT2D eigenvalue weighted by Crippen LogP contribution is 2.65. The van der Waals surface area contributed by atoms with Crippen molar-refractivity contribution in [3.8, 4) is 11.4 Å². The molecule has 45 heavy (non-hydrogen) atoms. The van der Waals surface area contributed by atoms with Crippen LogP contribution < -0.4 is 4.90 Å². The molecular formula is C35H38N8O2. The highest BCUT2D eigenvalue weighted by molar-refractivity contribution is 6.02. The molecule has 5 fully saturated rings. The molecular weight excluding hydrogens is 564 g/mol. The Morgan fingerprint density at radius 1 is 1.00 bits per heavy atom. The van der Waals surface area contributed by atoms with Crippen LogP contribution in [0, 0.1) is 11.3 Å². The van der Waals surface area contributed by atoms with Gasteiger partial charge in [-0.15, -0.1) is 0 Å². The molecule has 2 amide bonds. The Hall–Kier alpha value is -4.31. The number of carbonyl (C=O) groups is 2. The quantitative estimate of drug-likeness (QED) is 0.356. The van der Waals surface area contributed by atoms with Crippen LogP contribution in [-0.4, -0.2) is 85.8 Å². The van der Waals surface area contributed by atoms with Crippen LogP contribution in [0.2, 0.25) is 0 Å². The molecule has 2 bridgehead atoms. The summed E-state index contributed by atoms with van der Waals surface area (Å²) in [5.41, 5.74) is 6.57. The molecule has 10 nitrogen and oxygen atoms in total. The normalized spacial score (nSPS) is 27.7. The number of anilines is 1. The summed E-state index contributed by atoms with van der Waals surface area (Å²) in [6.45, 7) is 3.86. The van der Waals surface area contributed by atoms with Crippen molar-refractivity contribution in [3.05, 3.63) is 66.1 Å². The third-order valence-electron chi connectivity index (χ3n) is 11.4. The van der Waals surface area contributed by atoms with Crippen molar-refractivity contribution in [1.29, 1.82) is 0 Å². The summed E-state index contributed by atoms with van der Waals surface area (Å²) in [7, 11) is 1.87. The molecule has 3 aliphatic carbocycles. The molecule has 2 aromatic heterocycles. The monoisotopic (exact) mass is 602 g/mol. The van der Waals surface area contributed by atoms with Gasteiger partial charge in [-0.3, -0.25) is 24.3 Å². The van der Waals surface area contributed by atoms with E-state index in [1.807, 2.05) is 22.9 Å². The fourth-order valence-electron chi connectivity index (χ4n) is 8.65. The number of nitrogens with one attached hydrogen (secondary N) is 1. The summed E-state index contributed by atoms with van der Waals surface area (Å²) in [5.74, 6) is 1.97. The van der Waals surface area contributed by atoms with Crippen LogP contribution in [0.1, 0.15) is 49.8 Å². The van der Waals surface area contributed by atoms with Crippen molar-refractivity contribution in [3.63, 3.8) is 0 Å². The molecule has 3 aliphatic heterocycles. The number of aromatic amines is 1. The van der Waals surface area contributed by atoms with Gasteiger partial charge in [0.05, 0.1) is 17.5 Å². The van der Waals surface area contributed by atoms with E-state index in [0.717, 1.165) is 60.9 Å². The maximum atomic E-state index is 13.9. The Labute approximate surface area is 262 Å². The Bertz CT molecular complexity index is 1850. The van der Waals surface area contributed by atoms with Gasteiger partial charge in [-0.2, -0.15) is 10.2 Å². The number of aromatic nitrogens is 5.